The topological polar surface area (TPSA) is 81.9 Å². The van der Waals surface area contributed by atoms with Gasteiger partial charge in [-0.05, 0) is 24.6 Å². The normalized spacial score (nSPS) is 11.8. The molecular formula is C10H16N2O4S. The number of hydroxylamine groups is 1. The predicted octanol–water partition coefficient (Wildman–Crippen LogP) is 0.768. The molecule has 0 unspecified atom stereocenters. The molecule has 0 radical (unpaired) electrons. The molecule has 0 bridgehead atoms. The number of anilines is 1. The Morgan fingerprint density at radius 1 is 1.29 bits per heavy atom. The van der Waals surface area contributed by atoms with E-state index >= 15 is 0 Å². The Bertz CT molecular complexity index is 513. The fraction of sp³-hybridized carbons (Fsp3) is 0.400. The molecule has 0 aromatic heterocycles. The van der Waals surface area contributed by atoms with Gasteiger partial charge in [0.25, 0.3) is 10.0 Å². The van der Waals surface area contributed by atoms with Crippen molar-refractivity contribution in [3.63, 3.8) is 0 Å². The van der Waals surface area contributed by atoms with Crippen LogP contribution in [0.3, 0.4) is 0 Å². The summed E-state index contributed by atoms with van der Waals surface area (Å²) in [7, 11) is 0.197. The number of ether oxygens (including phenoxy) is 1. The highest BCUT2D eigenvalue weighted by Crippen LogP contribution is 2.30. The zero-order chi connectivity index (χ0) is 13.2. The molecule has 0 spiro atoms. The van der Waals surface area contributed by atoms with Crippen LogP contribution < -0.4 is 10.5 Å². The second-order valence-corrected chi connectivity index (χ2v) is 5.36. The average molecular weight is 260 g/mol. The number of benzene rings is 1. The molecule has 0 heterocycles. The summed E-state index contributed by atoms with van der Waals surface area (Å²) >= 11 is 0. The molecule has 0 amide bonds. The van der Waals surface area contributed by atoms with Crippen LogP contribution in [-0.4, -0.2) is 34.2 Å². The Morgan fingerprint density at radius 3 is 2.35 bits per heavy atom. The van der Waals surface area contributed by atoms with Gasteiger partial charge in [0.15, 0.2) is 0 Å². The number of sulfonamides is 1. The number of aryl methyl sites for hydroxylation is 1. The van der Waals surface area contributed by atoms with Crippen molar-refractivity contribution in [2.75, 3.05) is 27.0 Å². The molecule has 1 aromatic carbocycles. The van der Waals surface area contributed by atoms with E-state index in [1.807, 2.05) is 0 Å². The van der Waals surface area contributed by atoms with Gasteiger partial charge in [-0.15, -0.1) is 0 Å². The van der Waals surface area contributed by atoms with Gasteiger partial charge in [-0.25, -0.2) is 8.42 Å². The third-order valence-electron chi connectivity index (χ3n) is 2.43. The quantitative estimate of drug-likeness (QED) is 0.638. The van der Waals surface area contributed by atoms with Crippen molar-refractivity contribution in [1.82, 2.24) is 4.47 Å². The van der Waals surface area contributed by atoms with Gasteiger partial charge < -0.3 is 10.5 Å². The van der Waals surface area contributed by atoms with E-state index in [-0.39, 0.29) is 10.6 Å². The van der Waals surface area contributed by atoms with E-state index in [4.69, 9.17) is 10.5 Å². The minimum atomic E-state index is -3.76. The minimum Gasteiger partial charge on any atom is -0.495 e. The maximum absolute atomic E-state index is 12.1. The summed E-state index contributed by atoms with van der Waals surface area (Å²) in [6.07, 6.45) is 0. The van der Waals surface area contributed by atoms with Crippen LogP contribution in [-0.2, 0) is 14.9 Å². The lowest BCUT2D eigenvalue weighted by Crippen LogP contribution is -2.26. The molecule has 0 atom stereocenters. The number of nitrogen functional groups attached to an aromatic ring is 1. The van der Waals surface area contributed by atoms with Crippen molar-refractivity contribution >= 4 is 15.7 Å². The maximum Gasteiger partial charge on any atom is 0.268 e. The van der Waals surface area contributed by atoms with E-state index < -0.39 is 10.0 Å². The third-order valence-corrected chi connectivity index (χ3v) is 4.13. The summed E-state index contributed by atoms with van der Waals surface area (Å²) in [5.41, 5.74) is 6.84. The Hall–Kier alpha value is -1.31. The highest BCUT2D eigenvalue weighted by Gasteiger charge is 2.25. The Labute approximate surface area is 101 Å². The fourth-order valence-corrected chi connectivity index (χ4v) is 2.42. The smallest absolute Gasteiger partial charge is 0.268 e. The number of nitrogens with two attached hydrogens (primary N) is 1. The van der Waals surface area contributed by atoms with Gasteiger partial charge in [-0.2, -0.15) is 0 Å². The SMILES string of the molecule is COc1cc(C)c(N)cc1S(=O)(=O)N(C)OC. The molecule has 0 saturated carbocycles. The molecule has 1 aromatic rings. The van der Waals surface area contributed by atoms with Crippen LogP contribution in [0.15, 0.2) is 17.0 Å². The van der Waals surface area contributed by atoms with Gasteiger partial charge >= 0.3 is 0 Å². The van der Waals surface area contributed by atoms with Gasteiger partial charge in [-0.1, -0.05) is 4.47 Å². The van der Waals surface area contributed by atoms with E-state index in [0.29, 0.717) is 5.69 Å². The maximum atomic E-state index is 12.1. The highest BCUT2D eigenvalue weighted by molar-refractivity contribution is 7.89. The molecule has 0 fully saturated rings. The molecule has 2 N–H and O–H groups in total. The highest BCUT2D eigenvalue weighted by atomic mass is 32.2. The van der Waals surface area contributed by atoms with Crippen LogP contribution in [0.1, 0.15) is 5.56 Å². The van der Waals surface area contributed by atoms with Crippen LogP contribution in [0, 0.1) is 6.92 Å². The van der Waals surface area contributed by atoms with Crippen molar-refractivity contribution in [3.05, 3.63) is 17.7 Å². The van der Waals surface area contributed by atoms with Crippen molar-refractivity contribution in [3.8, 4) is 5.75 Å². The first-order valence-electron chi connectivity index (χ1n) is 4.81. The van der Waals surface area contributed by atoms with E-state index in [1.165, 1.54) is 27.3 Å². The van der Waals surface area contributed by atoms with Crippen LogP contribution in [0.2, 0.25) is 0 Å². The molecule has 0 aliphatic heterocycles. The van der Waals surface area contributed by atoms with Crippen LogP contribution in [0.4, 0.5) is 5.69 Å². The molecule has 0 aliphatic rings. The van der Waals surface area contributed by atoms with Crippen molar-refractivity contribution in [2.24, 2.45) is 0 Å². The second-order valence-electron chi connectivity index (χ2n) is 3.46. The van der Waals surface area contributed by atoms with Gasteiger partial charge in [0.2, 0.25) is 0 Å². The standard InChI is InChI=1S/C10H16N2O4S/c1-7-5-9(15-3)10(6-8(7)11)17(13,14)12(2)16-4/h5-6H,11H2,1-4H3. The number of rotatable bonds is 4. The molecular weight excluding hydrogens is 244 g/mol. The molecule has 7 heteroatoms. The minimum absolute atomic E-state index is 0.0209. The Kier molecular flexibility index (Phi) is 3.97. The zero-order valence-electron chi connectivity index (χ0n) is 10.2. The largest absolute Gasteiger partial charge is 0.495 e. The number of hydrogen-bond donors (Lipinski definition) is 1. The van der Waals surface area contributed by atoms with Crippen molar-refractivity contribution in [1.29, 1.82) is 0 Å². The van der Waals surface area contributed by atoms with E-state index in [1.54, 1.807) is 13.0 Å². The van der Waals surface area contributed by atoms with Crippen LogP contribution >= 0.6 is 0 Å². The Morgan fingerprint density at radius 2 is 1.88 bits per heavy atom. The zero-order valence-corrected chi connectivity index (χ0v) is 11.0. The molecule has 96 valence electrons. The summed E-state index contributed by atoms with van der Waals surface area (Å²) in [6.45, 7) is 1.77. The monoisotopic (exact) mass is 260 g/mol. The Balaban J connectivity index is 3.45. The lowest BCUT2D eigenvalue weighted by Gasteiger charge is -2.17. The van der Waals surface area contributed by atoms with E-state index in [9.17, 15) is 8.42 Å². The lowest BCUT2D eigenvalue weighted by molar-refractivity contribution is -0.0259. The molecule has 0 aliphatic carbocycles. The van der Waals surface area contributed by atoms with Crippen molar-refractivity contribution in [2.45, 2.75) is 11.8 Å². The molecule has 0 saturated heterocycles. The third kappa shape index (κ3) is 2.51. The first kappa shape index (κ1) is 13.8. The van der Waals surface area contributed by atoms with Crippen molar-refractivity contribution < 1.29 is 18.0 Å². The first-order valence-corrected chi connectivity index (χ1v) is 6.25. The van der Waals surface area contributed by atoms with Gasteiger partial charge in [0.05, 0.1) is 14.2 Å². The molecule has 1 rings (SSSR count). The second kappa shape index (κ2) is 4.91. The number of nitrogens with zero attached hydrogens (tertiary/aromatic N) is 1. The summed E-state index contributed by atoms with van der Waals surface area (Å²) in [5, 5.41) is 0. The van der Waals surface area contributed by atoms with Gasteiger partial charge in [0, 0.05) is 12.7 Å². The number of hydrogen-bond acceptors (Lipinski definition) is 5. The molecule has 6 nitrogen and oxygen atoms in total. The summed E-state index contributed by atoms with van der Waals surface area (Å²) < 4.78 is 29.9. The summed E-state index contributed by atoms with van der Waals surface area (Å²) in [6, 6.07) is 2.94. The van der Waals surface area contributed by atoms with Gasteiger partial charge in [0.1, 0.15) is 10.6 Å². The molecule has 17 heavy (non-hydrogen) atoms. The summed E-state index contributed by atoms with van der Waals surface area (Å²) in [4.78, 5) is 4.67. The van der Waals surface area contributed by atoms with Crippen LogP contribution in [0.5, 0.6) is 5.75 Å². The van der Waals surface area contributed by atoms with E-state index in [0.717, 1.165) is 10.0 Å². The first-order chi connectivity index (χ1) is 7.84. The average Bonchev–Trinajstić information content (AvgIpc) is 2.30. The fourth-order valence-electron chi connectivity index (χ4n) is 1.28. The summed E-state index contributed by atoms with van der Waals surface area (Å²) in [5.74, 6) is 0.237. The predicted molar refractivity (Wildman–Crippen MR) is 64.1 cm³/mol. The van der Waals surface area contributed by atoms with Gasteiger partial charge in [-0.3, -0.25) is 4.84 Å². The lowest BCUT2D eigenvalue weighted by atomic mass is 10.2. The van der Waals surface area contributed by atoms with Crippen LogP contribution in [0.25, 0.3) is 0 Å². The number of methoxy groups -OCH3 is 1. The van der Waals surface area contributed by atoms with E-state index in [2.05, 4.69) is 4.84 Å².